The van der Waals surface area contributed by atoms with E-state index in [0.29, 0.717) is 6.07 Å². The highest BCUT2D eigenvalue weighted by atomic mass is 32.2. The molecular formula is C15H16F3N3O2S. The number of sulfonamides is 1. The van der Waals surface area contributed by atoms with Crippen LogP contribution in [0, 0.1) is 0 Å². The van der Waals surface area contributed by atoms with Gasteiger partial charge in [0.05, 0.1) is 16.7 Å². The van der Waals surface area contributed by atoms with E-state index in [9.17, 15) is 21.6 Å². The largest absolute Gasteiger partial charge is 0.416 e. The maximum atomic E-state index is 12.7. The molecule has 1 aliphatic rings. The molecule has 0 spiro atoms. The van der Waals surface area contributed by atoms with Crippen LogP contribution in [0.25, 0.3) is 0 Å². The number of aromatic nitrogens is 2. The highest BCUT2D eigenvalue weighted by Gasteiger charge is 2.31. The second-order valence-corrected chi connectivity index (χ2v) is 7.41. The Bertz CT molecular complexity index is 844. The Balaban J connectivity index is 1.78. The van der Waals surface area contributed by atoms with Crippen LogP contribution in [0.5, 0.6) is 0 Å². The van der Waals surface area contributed by atoms with Gasteiger partial charge in [-0.1, -0.05) is 6.07 Å². The molecule has 24 heavy (non-hydrogen) atoms. The number of hydrogen-bond donors (Lipinski definition) is 1. The highest BCUT2D eigenvalue weighted by Crippen LogP contribution is 2.30. The lowest BCUT2D eigenvalue weighted by Gasteiger charge is -2.15. The maximum absolute atomic E-state index is 12.7. The minimum Gasteiger partial charge on any atom is -0.269 e. The average Bonchev–Trinajstić information content (AvgIpc) is 2.96. The fraction of sp³-hybridized carbons (Fsp3) is 0.400. The lowest BCUT2D eigenvalue weighted by Crippen LogP contribution is -2.24. The van der Waals surface area contributed by atoms with Gasteiger partial charge in [0, 0.05) is 24.3 Å². The summed E-state index contributed by atoms with van der Waals surface area (Å²) in [5.41, 5.74) is 0.742. The van der Waals surface area contributed by atoms with E-state index in [-0.39, 0.29) is 6.54 Å². The summed E-state index contributed by atoms with van der Waals surface area (Å²) in [6.07, 6.45) is -0.115. The summed E-state index contributed by atoms with van der Waals surface area (Å²) in [6, 6.07) is 3.70. The van der Waals surface area contributed by atoms with Gasteiger partial charge in [0.2, 0.25) is 10.0 Å². The summed E-state index contributed by atoms with van der Waals surface area (Å²) in [7, 11) is -4.03. The van der Waals surface area contributed by atoms with Crippen LogP contribution in [-0.4, -0.2) is 18.2 Å². The summed E-state index contributed by atoms with van der Waals surface area (Å²) >= 11 is 0. The minimum absolute atomic E-state index is 0.00785. The Morgan fingerprint density at radius 2 is 2.04 bits per heavy atom. The van der Waals surface area contributed by atoms with Gasteiger partial charge in [0.25, 0.3) is 0 Å². The molecule has 1 aromatic carbocycles. The van der Waals surface area contributed by atoms with E-state index >= 15 is 0 Å². The van der Waals surface area contributed by atoms with Crippen molar-refractivity contribution in [3.05, 3.63) is 47.3 Å². The van der Waals surface area contributed by atoms with Gasteiger partial charge in [-0.25, -0.2) is 13.1 Å². The van der Waals surface area contributed by atoms with E-state index < -0.39 is 26.7 Å². The van der Waals surface area contributed by atoms with Crippen molar-refractivity contribution in [2.75, 3.05) is 0 Å². The van der Waals surface area contributed by atoms with E-state index in [1.807, 2.05) is 4.68 Å². The third-order valence-corrected chi connectivity index (χ3v) is 5.39. The SMILES string of the molecule is O=S(=O)(NCc1cnn2c1CCCC2)c1cccc(C(F)(F)F)c1. The fourth-order valence-electron chi connectivity index (χ4n) is 2.73. The molecule has 2 aromatic rings. The molecule has 0 bridgehead atoms. The predicted molar refractivity (Wildman–Crippen MR) is 80.6 cm³/mol. The van der Waals surface area contributed by atoms with Crippen LogP contribution in [0.1, 0.15) is 29.7 Å². The molecule has 2 heterocycles. The number of hydrogen-bond acceptors (Lipinski definition) is 3. The standard InChI is InChI=1S/C15H16F3N3O2S/c16-15(17,18)12-4-3-5-13(8-12)24(22,23)20-10-11-9-19-21-7-2-1-6-14(11)21/h3-5,8-9,20H,1-2,6-7,10H2. The Morgan fingerprint density at radius 3 is 2.79 bits per heavy atom. The molecule has 1 N–H and O–H groups in total. The molecule has 0 saturated carbocycles. The average molecular weight is 359 g/mol. The monoisotopic (exact) mass is 359 g/mol. The molecule has 1 aliphatic heterocycles. The topological polar surface area (TPSA) is 64.0 Å². The second-order valence-electron chi connectivity index (χ2n) is 5.65. The highest BCUT2D eigenvalue weighted by molar-refractivity contribution is 7.89. The number of rotatable bonds is 4. The van der Waals surface area contributed by atoms with Gasteiger partial charge in [0.1, 0.15) is 0 Å². The van der Waals surface area contributed by atoms with Crippen molar-refractivity contribution in [3.63, 3.8) is 0 Å². The zero-order valence-electron chi connectivity index (χ0n) is 12.7. The lowest BCUT2D eigenvalue weighted by atomic mass is 10.1. The number of nitrogens with one attached hydrogen (secondary N) is 1. The third-order valence-electron chi connectivity index (χ3n) is 3.99. The first-order valence-electron chi connectivity index (χ1n) is 7.48. The second kappa shape index (κ2) is 6.21. The predicted octanol–water partition coefficient (Wildman–Crippen LogP) is 2.72. The normalized spacial score (nSPS) is 15.3. The van der Waals surface area contributed by atoms with Gasteiger partial charge >= 0.3 is 6.18 Å². The van der Waals surface area contributed by atoms with Crippen molar-refractivity contribution in [2.24, 2.45) is 0 Å². The Hall–Kier alpha value is -1.87. The first kappa shape index (κ1) is 17.0. The third kappa shape index (κ3) is 3.46. The van der Waals surface area contributed by atoms with Crippen LogP contribution < -0.4 is 4.72 Å². The Kier molecular flexibility index (Phi) is 4.39. The quantitative estimate of drug-likeness (QED) is 0.913. The molecule has 0 radical (unpaired) electrons. The first-order chi connectivity index (χ1) is 11.3. The van der Waals surface area contributed by atoms with E-state index in [1.165, 1.54) is 0 Å². The van der Waals surface area contributed by atoms with Crippen LogP contribution >= 0.6 is 0 Å². The van der Waals surface area contributed by atoms with Crippen molar-refractivity contribution in [2.45, 2.75) is 43.4 Å². The molecule has 1 aromatic heterocycles. The summed E-state index contributed by atoms with van der Waals surface area (Å²) < 4.78 is 66.9. The maximum Gasteiger partial charge on any atom is 0.416 e. The van der Waals surface area contributed by atoms with Crippen molar-refractivity contribution < 1.29 is 21.6 Å². The van der Waals surface area contributed by atoms with Gasteiger partial charge in [-0.15, -0.1) is 0 Å². The van der Waals surface area contributed by atoms with Crippen molar-refractivity contribution >= 4 is 10.0 Å². The lowest BCUT2D eigenvalue weighted by molar-refractivity contribution is -0.137. The van der Waals surface area contributed by atoms with Crippen LogP contribution in [0.2, 0.25) is 0 Å². The number of alkyl halides is 3. The molecule has 0 atom stereocenters. The molecule has 130 valence electrons. The summed E-state index contributed by atoms with van der Waals surface area (Å²) in [5, 5.41) is 4.21. The summed E-state index contributed by atoms with van der Waals surface area (Å²) in [6.45, 7) is 0.809. The van der Waals surface area contributed by atoms with E-state index in [2.05, 4.69) is 9.82 Å². The van der Waals surface area contributed by atoms with Gasteiger partial charge in [-0.2, -0.15) is 18.3 Å². The van der Waals surface area contributed by atoms with Crippen molar-refractivity contribution in [1.29, 1.82) is 0 Å². The zero-order valence-corrected chi connectivity index (χ0v) is 13.5. The smallest absolute Gasteiger partial charge is 0.269 e. The molecule has 0 aliphatic carbocycles. The summed E-state index contributed by atoms with van der Waals surface area (Å²) in [5.74, 6) is 0. The number of halogens is 3. The molecule has 0 unspecified atom stereocenters. The number of fused-ring (bicyclic) bond motifs is 1. The molecule has 0 fully saturated rings. The van der Waals surface area contributed by atoms with E-state index in [0.717, 1.165) is 55.3 Å². The zero-order chi connectivity index (χ0) is 17.4. The molecule has 9 heteroatoms. The van der Waals surface area contributed by atoms with Crippen LogP contribution in [-0.2, 0) is 35.7 Å². The van der Waals surface area contributed by atoms with Crippen LogP contribution in [0.3, 0.4) is 0 Å². The summed E-state index contributed by atoms with van der Waals surface area (Å²) in [4.78, 5) is -0.404. The van der Waals surface area contributed by atoms with E-state index in [4.69, 9.17) is 0 Å². The minimum atomic E-state index is -4.59. The van der Waals surface area contributed by atoms with Crippen molar-refractivity contribution in [1.82, 2.24) is 14.5 Å². The van der Waals surface area contributed by atoms with Gasteiger partial charge in [-0.05, 0) is 37.5 Å². The molecule has 5 nitrogen and oxygen atoms in total. The van der Waals surface area contributed by atoms with E-state index in [1.54, 1.807) is 6.20 Å². The van der Waals surface area contributed by atoms with Gasteiger partial charge in [-0.3, -0.25) is 4.68 Å². The van der Waals surface area contributed by atoms with Crippen LogP contribution in [0.15, 0.2) is 35.4 Å². The van der Waals surface area contributed by atoms with Crippen molar-refractivity contribution in [3.8, 4) is 0 Å². The Morgan fingerprint density at radius 1 is 1.25 bits per heavy atom. The van der Waals surface area contributed by atoms with Gasteiger partial charge in [0.15, 0.2) is 0 Å². The molecule has 3 rings (SSSR count). The molecule has 0 saturated heterocycles. The Labute approximate surface area is 137 Å². The number of aryl methyl sites for hydroxylation is 1. The molecular weight excluding hydrogens is 343 g/mol. The number of benzene rings is 1. The van der Waals surface area contributed by atoms with Crippen LogP contribution in [0.4, 0.5) is 13.2 Å². The molecule has 0 amide bonds. The fourth-order valence-corrected chi connectivity index (χ4v) is 3.78. The number of nitrogens with zero attached hydrogens (tertiary/aromatic N) is 2. The van der Waals surface area contributed by atoms with Gasteiger partial charge < -0.3 is 0 Å². The first-order valence-corrected chi connectivity index (χ1v) is 8.96.